The van der Waals surface area contributed by atoms with Gasteiger partial charge in [0.15, 0.2) is 0 Å². The number of rotatable bonds is 4. The lowest BCUT2D eigenvalue weighted by Crippen LogP contribution is -2.23. The smallest absolute Gasteiger partial charge is 0.331 e. The van der Waals surface area contributed by atoms with Crippen LogP contribution in [-0.2, 0) is 16.6 Å². The number of carbonyl (C=O) groups is 1. The van der Waals surface area contributed by atoms with E-state index in [2.05, 4.69) is 0 Å². The molecule has 0 amide bonds. The van der Waals surface area contributed by atoms with Crippen molar-refractivity contribution in [2.45, 2.75) is 26.4 Å². The van der Waals surface area contributed by atoms with E-state index in [9.17, 15) is 9.59 Å². The molecule has 0 aliphatic heterocycles. The number of hydrogen-bond acceptors (Lipinski definition) is 5. The number of aromatic nitrogens is 1. The summed E-state index contributed by atoms with van der Waals surface area (Å²) < 4.78 is 17.4. The number of aryl methyl sites for hydroxylation is 1. The van der Waals surface area contributed by atoms with Crippen LogP contribution in [0.4, 0.5) is 0 Å². The predicted molar refractivity (Wildman–Crippen MR) is 97.2 cm³/mol. The molecule has 6 heteroatoms. The Morgan fingerprint density at radius 1 is 1.12 bits per heavy atom. The molecule has 1 aromatic carbocycles. The van der Waals surface area contributed by atoms with Gasteiger partial charge in [-0.2, -0.15) is 0 Å². The highest BCUT2D eigenvalue weighted by Gasteiger charge is 2.15. The highest BCUT2D eigenvalue weighted by molar-refractivity contribution is 5.91. The maximum atomic E-state index is 12.6. The van der Waals surface area contributed by atoms with Crippen molar-refractivity contribution in [2.75, 3.05) is 14.2 Å². The number of hydrogen-bond donors (Lipinski definition) is 0. The van der Waals surface area contributed by atoms with E-state index >= 15 is 0 Å². The Morgan fingerprint density at radius 2 is 1.80 bits per heavy atom. The van der Waals surface area contributed by atoms with E-state index in [1.165, 1.54) is 16.7 Å². The maximum absolute atomic E-state index is 12.6. The minimum atomic E-state index is -0.588. The molecule has 0 aliphatic rings. The fourth-order valence-corrected chi connectivity index (χ4v) is 2.43. The van der Waals surface area contributed by atoms with E-state index in [1.807, 2.05) is 0 Å². The van der Waals surface area contributed by atoms with E-state index in [4.69, 9.17) is 14.2 Å². The first-order valence-corrected chi connectivity index (χ1v) is 7.83. The molecule has 25 heavy (non-hydrogen) atoms. The minimum Gasteiger partial charge on any atom is -0.497 e. The highest BCUT2D eigenvalue weighted by atomic mass is 16.6. The number of pyridine rings is 1. The molecule has 2 rings (SSSR count). The summed E-state index contributed by atoms with van der Waals surface area (Å²) in [5.41, 5.74) is 0.220. The number of methoxy groups -OCH3 is 2. The number of ether oxygens (including phenoxy) is 3. The third-order valence-electron chi connectivity index (χ3n) is 3.57. The van der Waals surface area contributed by atoms with E-state index in [0.717, 1.165) is 5.39 Å². The largest absolute Gasteiger partial charge is 0.497 e. The summed E-state index contributed by atoms with van der Waals surface area (Å²) in [6.07, 6.45) is 2.71. The average Bonchev–Trinajstić information content (AvgIpc) is 2.54. The normalized spacial score (nSPS) is 11.8. The molecule has 0 unspecified atom stereocenters. The van der Waals surface area contributed by atoms with Crippen LogP contribution in [-0.4, -0.2) is 30.4 Å². The first-order valence-electron chi connectivity index (χ1n) is 7.83. The molecule has 0 saturated heterocycles. The van der Waals surface area contributed by atoms with Gasteiger partial charge in [-0.05, 0) is 32.9 Å². The van der Waals surface area contributed by atoms with Crippen LogP contribution in [0.2, 0.25) is 0 Å². The Hall–Kier alpha value is -2.76. The Labute approximate surface area is 146 Å². The lowest BCUT2D eigenvalue weighted by Gasteiger charge is -2.17. The van der Waals surface area contributed by atoms with Crippen LogP contribution >= 0.6 is 0 Å². The summed E-state index contributed by atoms with van der Waals surface area (Å²) in [4.78, 5) is 24.4. The summed E-state index contributed by atoms with van der Waals surface area (Å²) in [5.74, 6) is 0.671. The number of benzene rings is 1. The third kappa shape index (κ3) is 4.21. The molecule has 0 N–H and O–H groups in total. The highest BCUT2D eigenvalue weighted by Crippen LogP contribution is 2.30. The van der Waals surface area contributed by atoms with Gasteiger partial charge in [-0.1, -0.05) is 0 Å². The summed E-state index contributed by atoms with van der Waals surface area (Å²) in [5, 5.41) is 0.745. The van der Waals surface area contributed by atoms with Crippen LogP contribution in [0.25, 0.3) is 17.0 Å². The van der Waals surface area contributed by atoms with Crippen molar-refractivity contribution in [3.63, 3.8) is 0 Å². The summed E-state index contributed by atoms with van der Waals surface area (Å²) >= 11 is 0. The Bertz CT molecular complexity index is 887. The van der Waals surface area contributed by atoms with Gasteiger partial charge in [-0.15, -0.1) is 0 Å². The molecule has 0 fully saturated rings. The number of nitrogens with zero attached hydrogens (tertiary/aromatic N) is 1. The van der Waals surface area contributed by atoms with E-state index in [-0.39, 0.29) is 5.56 Å². The molecule has 0 spiro atoms. The van der Waals surface area contributed by atoms with Crippen LogP contribution in [0.1, 0.15) is 26.3 Å². The zero-order chi connectivity index (χ0) is 18.8. The van der Waals surface area contributed by atoms with Gasteiger partial charge in [0, 0.05) is 36.2 Å². The number of carbonyl (C=O) groups excluding carboxylic acids is 1. The fraction of sp³-hybridized carbons (Fsp3) is 0.368. The first-order chi connectivity index (χ1) is 11.7. The molecule has 0 aliphatic carbocycles. The van der Waals surface area contributed by atoms with Crippen molar-refractivity contribution in [1.82, 2.24) is 4.57 Å². The molecular weight excluding hydrogens is 322 g/mol. The van der Waals surface area contributed by atoms with E-state index in [1.54, 1.807) is 60.2 Å². The fourth-order valence-electron chi connectivity index (χ4n) is 2.43. The second-order valence-corrected chi connectivity index (χ2v) is 6.59. The Morgan fingerprint density at radius 3 is 2.36 bits per heavy atom. The summed E-state index contributed by atoms with van der Waals surface area (Å²) in [6, 6.07) is 5.20. The second kappa shape index (κ2) is 7.01. The van der Waals surface area contributed by atoms with Gasteiger partial charge >= 0.3 is 5.97 Å². The molecule has 134 valence electrons. The average molecular weight is 345 g/mol. The van der Waals surface area contributed by atoms with Crippen molar-refractivity contribution in [3.05, 3.63) is 40.2 Å². The lowest BCUT2D eigenvalue weighted by molar-refractivity contribution is -0.148. The van der Waals surface area contributed by atoms with Crippen molar-refractivity contribution in [3.8, 4) is 11.5 Å². The third-order valence-corrected chi connectivity index (χ3v) is 3.57. The molecule has 2 aromatic rings. The molecular formula is C19H23NO5. The van der Waals surface area contributed by atoms with Gasteiger partial charge in [-0.25, -0.2) is 4.79 Å². The Kier molecular flexibility index (Phi) is 5.21. The zero-order valence-corrected chi connectivity index (χ0v) is 15.4. The van der Waals surface area contributed by atoms with Gasteiger partial charge in [0.2, 0.25) is 0 Å². The predicted octanol–water partition coefficient (Wildman–Crippen LogP) is 2.91. The van der Waals surface area contributed by atoms with Crippen molar-refractivity contribution >= 4 is 22.9 Å². The lowest BCUT2D eigenvalue weighted by atomic mass is 10.1. The van der Waals surface area contributed by atoms with Crippen LogP contribution in [0.15, 0.2) is 29.1 Å². The molecule has 1 aromatic heterocycles. The van der Waals surface area contributed by atoms with E-state index in [0.29, 0.717) is 22.6 Å². The molecule has 0 saturated carbocycles. The quantitative estimate of drug-likeness (QED) is 0.630. The van der Waals surface area contributed by atoms with Crippen LogP contribution in [0.5, 0.6) is 11.5 Å². The molecule has 1 heterocycles. The van der Waals surface area contributed by atoms with Gasteiger partial charge < -0.3 is 18.8 Å². The molecule has 6 nitrogen and oxygen atoms in total. The van der Waals surface area contributed by atoms with Gasteiger partial charge in [-0.3, -0.25) is 4.79 Å². The molecule has 0 atom stereocenters. The Balaban J connectivity index is 2.54. The van der Waals surface area contributed by atoms with Crippen LogP contribution < -0.4 is 15.0 Å². The summed E-state index contributed by atoms with van der Waals surface area (Å²) in [7, 11) is 4.76. The van der Waals surface area contributed by atoms with Gasteiger partial charge in [0.25, 0.3) is 5.56 Å². The van der Waals surface area contributed by atoms with Crippen molar-refractivity contribution < 1.29 is 19.0 Å². The van der Waals surface area contributed by atoms with Crippen molar-refractivity contribution in [1.29, 1.82) is 0 Å². The SMILES string of the molecule is COc1cc(OC)c2cc(/C=C/C(=O)OC(C)(C)C)c(=O)n(C)c2c1. The van der Waals surface area contributed by atoms with Crippen LogP contribution in [0, 0.1) is 0 Å². The zero-order valence-electron chi connectivity index (χ0n) is 15.4. The van der Waals surface area contributed by atoms with E-state index < -0.39 is 11.6 Å². The van der Waals surface area contributed by atoms with Gasteiger partial charge in [0.05, 0.1) is 19.7 Å². The van der Waals surface area contributed by atoms with Gasteiger partial charge in [0.1, 0.15) is 17.1 Å². The van der Waals surface area contributed by atoms with Crippen LogP contribution in [0.3, 0.4) is 0 Å². The number of fused-ring (bicyclic) bond motifs is 1. The standard InChI is InChI=1S/C19H23NO5/c1-19(2,3)25-17(21)8-7-12-9-14-15(20(4)18(12)22)10-13(23-5)11-16(14)24-6/h7-11H,1-6H3/b8-7+. The monoisotopic (exact) mass is 345 g/mol. The second-order valence-electron chi connectivity index (χ2n) is 6.59. The summed E-state index contributed by atoms with van der Waals surface area (Å²) in [6.45, 7) is 5.35. The topological polar surface area (TPSA) is 66.8 Å². The maximum Gasteiger partial charge on any atom is 0.331 e. The molecule has 0 radical (unpaired) electrons. The molecule has 0 bridgehead atoms. The minimum absolute atomic E-state index is 0.234. The van der Waals surface area contributed by atoms with Crippen molar-refractivity contribution in [2.24, 2.45) is 7.05 Å². The first kappa shape index (κ1) is 18.6. The number of esters is 1.